The van der Waals surface area contributed by atoms with E-state index in [-0.39, 0.29) is 11.8 Å². The zero-order valence-electron chi connectivity index (χ0n) is 21.8. The number of nitrogens with zero attached hydrogens (tertiary/aromatic N) is 4. The van der Waals surface area contributed by atoms with Gasteiger partial charge < -0.3 is 30.5 Å². The first-order valence-electron chi connectivity index (χ1n) is 13.4. The molecule has 0 radical (unpaired) electrons. The number of amides is 2. The molecule has 0 unspecified atom stereocenters. The van der Waals surface area contributed by atoms with Gasteiger partial charge in [-0.05, 0) is 62.9 Å². The number of piperidine rings is 1. The van der Waals surface area contributed by atoms with Crippen molar-refractivity contribution in [1.29, 1.82) is 0 Å². The number of nitrogens with one attached hydrogen (secondary N) is 3. The second-order valence-corrected chi connectivity index (χ2v) is 10.2. The van der Waals surface area contributed by atoms with Crippen molar-refractivity contribution < 1.29 is 14.3 Å². The van der Waals surface area contributed by atoms with Gasteiger partial charge in [-0.2, -0.15) is 4.98 Å². The summed E-state index contributed by atoms with van der Waals surface area (Å²) in [6, 6.07) is 5.72. The molecule has 2 fully saturated rings. The van der Waals surface area contributed by atoms with E-state index in [1.807, 2.05) is 6.07 Å². The number of aromatic nitrogens is 2. The fourth-order valence-corrected chi connectivity index (χ4v) is 5.55. The molecule has 198 valence electrons. The molecule has 2 aliphatic heterocycles. The quantitative estimate of drug-likeness (QED) is 0.524. The van der Waals surface area contributed by atoms with Gasteiger partial charge in [0.2, 0.25) is 11.9 Å². The third-order valence-corrected chi connectivity index (χ3v) is 7.81. The van der Waals surface area contributed by atoms with E-state index in [0.717, 1.165) is 50.3 Å². The fourth-order valence-electron chi connectivity index (χ4n) is 5.55. The van der Waals surface area contributed by atoms with Crippen LogP contribution in [0.5, 0.6) is 5.75 Å². The monoisotopic (exact) mass is 507 g/mol. The molecule has 1 saturated heterocycles. The maximum Gasteiger partial charge on any atom is 0.251 e. The van der Waals surface area contributed by atoms with Gasteiger partial charge in [-0.15, -0.1) is 0 Å². The fraction of sp³-hybridized carbons (Fsp3) is 0.556. The zero-order valence-corrected chi connectivity index (χ0v) is 21.8. The molecule has 2 amide bonds. The third kappa shape index (κ3) is 5.64. The predicted octanol–water partition coefficient (Wildman–Crippen LogP) is 3.07. The topological polar surface area (TPSA) is 112 Å². The van der Waals surface area contributed by atoms with Gasteiger partial charge in [0.25, 0.3) is 5.91 Å². The Kier molecular flexibility index (Phi) is 7.73. The Hall–Kier alpha value is -3.40. The second kappa shape index (κ2) is 11.3. The Morgan fingerprint density at radius 3 is 2.73 bits per heavy atom. The van der Waals surface area contributed by atoms with Gasteiger partial charge in [-0.25, -0.2) is 4.98 Å². The van der Waals surface area contributed by atoms with Crippen LogP contribution in [0.1, 0.15) is 55.3 Å². The molecule has 0 spiro atoms. The number of hydrogen-bond acceptors (Lipinski definition) is 8. The van der Waals surface area contributed by atoms with E-state index in [1.165, 1.54) is 12.8 Å². The lowest BCUT2D eigenvalue weighted by molar-refractivity contribution is -0.118. The molecule has 1 saturated carbocycles. The molecule has 0 bridgehead atoms. The van der Waals surface area contributed by atoms with Crippen LogP contribution >= 0.6 is 0 Å². The Morgan fingerprint density at radius 1 is 1.19 bits per heavy atom. The highest BCUT2D eigenvalue weighted by Crippen LogP contribution is 2.37. The molecule has 2 aromatic rings. The molecule has 10 nitrogen and oxygen atoms in total. The van der Waals surface area contributed by atoms with Crippen LogP contribution in [0, 0.1) is 5.92 Å². The maximum absolute atomic E-state index is 12.8. The summed E-state index contributed by atoms with van der Waals surface area (Å²) in [5.74, 6) is 2.22. The summed E-state index contributed by atoms with van der Waals surface area (Å²) >= 11 is 0. The normalized spacial score (nSPS) is 18.9. The van der Waals surface area contributed by atoms with Gasteiger partial charge in [0, 0.05) is 38.2 Å². The molecule has 1 aliphatic carbocycles. The Labute approximate surface area is 218 Å². The van der Waals surface area contributed by atoms with Crippen molar-refractivity contribution in [3.05, 3.63) is 30.0 Å². The second-order valence-electron chi connectivity index (χ2n) is 10.2. The summed E-state index contributed by atoms with van der Waals surface area (Å²) in [6.45, 7) is 3.34. The van der Waals surface area contributed by atoms with Gasteiger partial charge in [0.05, 0.1) is 19.0 Å². The number of fused-ring (bicyclic) bond motifs is 1. The van der Waals surface area contributed by atoms with E-state index < -0.39 is 0 Å². The van der Waals surface area contributed by atoms with Crippen LogP contribution in [-0.2, 0) is 4.79 Å². The number of benzene rings is 1. The minimum atomic E-state index is -0.107. The van der Waals surface area contributed by atoms with Crippen molar-refractivity contribution in [2.45, 2.75) is 51.0 Å². The third-order valence-electron chi connectivity index (χ3n) is 7.81. The first kappa shape index (κ1) is 25.3. The highest BCUT2D eigenvalue weighted by atomic mass is 16.5. The minimum absolute atomic E-state index is 0.0711. The van der Waals surface area contributed by atoms with Gasteiger partial charge in [0.15, 0.2) is 5.82 Å². The molecule has 1 aromatic heterocycles. The van der Waals surface area contributed by atoms with Crippen LogP contribution < -0.4 is 30.5 Å². The molecule has 3 N–H and O–H groups in total. The van der Waals surface area contributed by atoms with Crippen molar-refractivity contribution >= 4 is 35.0 Å². The molecule has 3 aliphatic rings. The van der Waals surface area contributed by atoms with E-state index in [4.69, 9.17) is 9.72 Å². The maximum atomic E-state index is 12.8. The lowest BCUT2D eigenvalue weighted by atomic mass is 9.98. The van der Waals surface area contributed by atoms with Crippen LogP contribution in [0.25, 0.3) is 0 Å². The summed E-state index contributed by atoms with van der Waals surface area (Å²) in [5, 5.41) is 9.68. The molecule has 1 aromatic carbocycles. The highest BCUT2D eigenvalue weighted by Gasteiger charge is 2.31. The van der Waals surface area contributed by atoms with E-state index in [2.05, 4.69) is 25.8 Å². The summed E-state index contributed by atoms with van der Waals surface area (Å²) in [6.07, 6.45) is 8.95. The van der Waals surface area contributed by atoms with Crippen molar-refractivity contribution in [1.82, 2.24) is 20.6 Å². The van der Waals surface area contributed by atoms with Crippen LogP contribution in [0.2, 0.25) is 0 Å². The van der Waals surface area contributed by atoms with Gasteiger partial charge in [-0.1, -0.05) is 12.8 Å². The molecule has 3 heterocycles. The number of carbonyl (C=O) groups is 2. The van der Waals surface area contributed by atoms with Crippen molar-refractivity contribution in [2.75, 3.05) is 55.5 Å². The number of anilines is 4. The summed E-state index contributed by atoms with van der Waals surface area (Å²) in [4.78, 5) is 38.7. The van der Waals surface area contributed by atoms with Crippen LogP contribution in [0.4, 0.5) is 23.1 Å². The summed E-state index contributed by atoms with van der Waals surface area (Å²) in [5.41, 5.74) is 1.95. The number of rotatable bonds is 7. The van der Waals surface area contributed by atoms with Gasteiger partial charge in [0.1, 0.15) is 11.4 Å². The van der Waals surface area contributed by atoms with Crippen molar-refractivity contribution in [3.63, 3.8) is 0 Å². The first-order valence-corrected chi connectivity index (χ1v) is 13.4. The smallest absolute Gasteiger partial charge is 0.251 e. The number of methoxy groups -OCH3 is 1. The standard InChI is InChI=1S/C27H37N7O3/c1-33-22-17-30-27(32-25(22)34(14-11-24(33)35)20-5-3-4-6-20)31-21-8-7-19(15-23(21)37-2)26(36)29-16-18-9-12-28-13-10-18/h7-8,15,17-18,20,28H,3-6,9-14,16H2,1-2H3,(H,29,36)(H,30,31,32). The predicted molar refractivity (Wildman–Crippen MR) is 144 cm³/mol. The number of carbonyl (C=O) groups excluding carboxylic acids is 2. The van der Waals surface area contributed by atoms with Crippen molar-refractivity contribution in [3.8, 4) is 5.75 Å². The van der Waals surface area contributed by atoms with Crippen molar-refractivity contribution in [2.24, 2.45) is 5.92 Å². The van der Waals surface area contributed by atoms with Crippen LogP contribution in [-0.4, -0.2) is 68.2 Å². The number of hydrogen-bond donors (Lipinski definition) is 3. The van der Waals surface area contributed by atoms with Gasteiger partial charge >= 0.3 is 0 Å². The SMILES string of the molecule is COc1cc(C(=O)NCC2CCNCC2)ccc1Nc1ncc2c(n1)N(C1CCCC1)CCC(=O)N2C. The Bertz CT molecular complexity index is 1130. The zero-order chi connectivity index (χ0) is 25.8. The largest absolute Gasteiger partial charge is 0.495 e. The van der Waals surface area contributed by atoms with E-state index in [9.17, 15) is 9.59 Å². The highest BCUT2D eigenvalue weighted by molar-refractivity contribution is 5.97. The minimum Gasteiger partial charge on any atom is -0.495 e. The Morgan fingerprint density at radius 2 is 1.97 bits per heavy atom. The van der Waals surface area contributed by atoms with E-state index >= 15 is 0 Å². The van der Waals surface area contributed by atoms with Crippen LogP contribution in [0.3, 0.4) is 0 Å². The lowest BCUT2D eigenvalue weighted by Gasteiger charge is -2.30. The lowest BCUT2D eigenvalue weighted by Crippen LogP contribution is -2.35. The first-order chi connectivity index (χ1) is 18.0. The van der Waals surface area contributed by atoms with Gasteiger partial charge in [-0.3, -0.25) is 9.59 Å². The number of ether oxygens (including phenoxy) is 1. The molecular formula is C27H37N7O3. The van der Waals surface area contributed by atoms with Crippen LogP contribution in [0.15, 0.2) is 24.4 Å². The molecule has 10 heteroatoms. The molecular weight excluding hydrogens is 470 g/mol. The summed E-state index contributed by atoms with van der Waals surface area (Å²) in [7, 11) is 3.37. The average Bonchev–Trinajstić information content (AvgIpc) is 3.43. The van der Waals surface area contributed by atoms with E-state index in [0.29, 0.717) is 54.4 Å². The average molecular weight is 508 g/mol. The molecule has 5 rings (SSSR count). The molecule has 37 heavy (non-hydrogen) atoms. The molecule has 0 atom stereocenters. The summed E-state index contributed by atoms with van der Waals surface area (Å²) < 4.78 is 5.60. The Balaban J connectivity index is 1.34. The van der Waals surface area contributed by atoms with E-state index in [1.54, 1.807) is 37.4 Å².